The summed E-state index contributed by atoms with van der Waals surface area (Å²) >= 11 is 1.88. The Morgan fingerprint density at radius 2 is 0.895 bits per heavy atom. The Labute approximate surface area is 332 Å². The Balaban J connectivity index is 1.33. The smallest absolute Gasteiger partial charge is 0.0787 e. The minimum atomic E-state index is 0.976. The van der Waals surface area contributed by atoms with Gasteiger partial charge >= 0.3 is 0 Å². The molecular formula is C53H33N3S. The van der Waals surface area contributed by atoms with Crippen LogP contribution in [0.1, 0.15) is 0 Å². The van der Waals surface area contributed by atoms with E-state index in [9.17, 15) is 0 Å². The molecular weight excluding hydrogens is 711 g/mol. The van der Waals surface area contributed by atoms with Crippen LogP contribution in [-0.2, 0) is 0 Å². The van der Waals surface area contributed by atoms with Crippen LogP contribution in [0, 0.1) is 0 Å². The van der Waals surface area contributed by atoms with Crippen molar-refractivity contribution in [1.82, 2.24) is 14.1 Å². The molecule has 0 bridgehead atoms. The first-order valence-electron chi connectivity index (χ1n) is 19.4. The van der Waals surface area contributed by atoms with Gasteiger partial charge in [-0.2, -0.15) is 0 Å². The van der Waals surface area contributed by atoms with Crippen molar-refractivity contribution in [3.63, 3.8) is 0 Å². The lowest BCUT2D eigenvalue weighted by atomic mass is 9.93. The van der Waals surface area contributed by atoms with E-state index in [0.29, 0.717) is 0 Å². The molecule has 0 aliphatic carbocycles. The van der Waals surface area contributed by atoms with E-state index in [1.807, 2.05) is 17.5 Å². The fourth-order valence-electron chi connectivity index (χ4n) is 9.10. The molecule has 12 rings (SSSR count). The van der Waals surface area contributed by atoms with Gasteiger partial charge in [-0.05, 0) is 105 Å². The first-order chi connectivity index (χ1) is 28.3. The average Bonchev–Trinajstić information content (AvgIpc) is 3.67. The van der Waals surface area contributed by atoms with E-state index in [0.717, 1.165) is 55.1 Å². The molecule has 9 aromatic carbocycles. The lowest BCUT2D eigenvalue weighted by molar-refractivity contribution is 1.09. The van der Waals surface area contributed by atoms with Crippen LogP contribution in [0.15, 0.2) is 200 Å². The topological polar surface area (TPSA) is 22.8 Å². The summed E-state index contributed by atoms with van der Waals surface area (Å²) in [4.78, 5) is 5.22. The van der Waals surface area contributed by atoms with Crippen LogP contribution in [0.25, 0.3) is 108 Å². The minimum absolute atomic E-state index is 0.976. The molecule has 0 N–H and O–H groups in total. The van der Waals surface area contributed by atoms with Crippen molar-refractivity contribution in [3.8, 4) is 22.5 Å². The summed E-state index contributed by atoms with van der Waals surface area (Å²) in [6.07, 6.45) is 1.94. The lowest BCUT2D eigenvalue weighted by Gasteiger charge is -2.23. The van der Waals surface area contributed by atoms with E-state index < -0.39 is 0 Å². The quantitative estimate of drug-likeness (QED) is 0.165. The molecule has 3 nitrogen and oxygen atoms in total. The monoisotopic (exact) mass is 743 g/mol. The molecule has 0 fully saturated rings. The number of benzene rings is 8. The third kappa shape index (κ3) is 4.88. The Morgan fingerprint density at radius 3 is 1.61 bits per heavy atom. The highest BCUT2D eigenvalue weighted by Gasteiger charge is 2.19. The number of pyridine rings is 1. The summed E-state index contributed by atoms with van der Waals surface area (Å²) in [5, 5.41) is 10.8. The maximum Gasteiger partial charge on any atom is 0.0787 e. The van der Waals surface area contributed by atoms with Gasteiger partial charge in [0.15, 0.2) is 0 Å². The first-order valence-corrected chi connectivity index (χ1v) is 20.2. The van der Waals surface area contributed by atoms with E-state index >= 15 is 0 Å². The molecule has 0 saturated carbocycles. The van der Waals surface area contributed by atoms with E-state index in [-0.39, 0.29) is 0 Å². The molecule has 3 heterocycles. The van der Waals surface area contributed by atoms with Gasteiger partial charge < -0.3 is 9.13 Å². The van der Waals surface area contributed by atoms with Crippen LogP contribution < -0.4 is 0 Å². The number of para-hydroxylation sites is 4. The molecule has 0 saturated heterocycles. The predicted octanol–water partition coefficient (Wildman–Crippen LogP) is 14.7. The normalized spacial score (nSPS) is 11.9. The van der Waals surface area contributed by atoms with Crippen molar-refractivity contribution >= 4 is 96.8 Å². The molecule has 57 heavy (non-hydrogen) atoms. The Kier molecular flexibility index (Phi) is 7.10. The molecule has 0 atom stereocenters. The third-order valence-corrected chi connectivity index (χ3v) is 12.8. The van der Waals surface area contributed by atoms with E-state index in [1.54, 1.807) is 0 Å². The van der Waals surface area contributed by atoms with Gasteiger partial charge in [-0.3, -0.25) is 4.98 Å². The second-order valence-electron chi connectivity index (χ2n) is 14.7. The highest BCUT2D eigenvalue weighted by atomic mass is 32.1. The molecule has 0 amide bonds. The van der Waals surface area contributed by atoms with Gasteiger partial charge in [0.1, 0.15) is 0 Å². The molecule has 0 radical (unpaired) electrons. The number of fused-ring (bicyclic) bond motifs is 13. The van der Waals surface area contributed by atoms with Crippen molar-refractivity contribution < 1.29 is 0 Å². The van der Waals surface area contributed by atoms with Crippen molar-refractivity contribution in [2.45, 2.75) is 0 Å². The molecule has 0 aliphatic heterocycles. The number of aromatic nitrogens is 3. The minimum Gasteiger partial charge on any atom is -0.306 e. The Bertz CT molecular complexity index is 3630. The first kappa shape index (κ1) is 32.0. The lowest BCUT2D eigenvalue weighted by Crippen LogP contribution is -2.08. The molecule has 4 heteroatoms. The summed E-state index contributed by atoms with van der Waals surface area (Å²) in [6, 6.07) is 70.8. The van der Waals surface area contributed by atoms with Crippen molar-refractivity contribution in [2.24, 2.45) is 0 Å². The van der Waals surface area contributed by atoms with Crippen LogP contribution in [0.4, 0.5) is 0 Å². The van der Waals surface area contributed by atoms with Crippen LogP contribution in [0.2, 0.25) is 0 Å². The second-order valence-corrected chi connectivity index (χ2v) is 15.8. The maximum atomic E-state index is 5.22. The van der Waals surface area contributed by atoms with Crippen LogP contribution in [0.5, 0.6) is 0 Å². The van der Waals surface area contributed by atoms with E-state index in [1.165, 1.54) is 52.8 Å². The number of rotatable bonds is 3. The van der Waals surface area contributed by atoms with E-state index in [4.69, 9.17) is 4.98 Å². The molecule has 3 aromatic heterocycles. The SMILES string of the molecule is c1ccc(-n2c3ccccc3n(-c3ccccc3)c3cc4c(cc32)c2cc(-c3cccc5c3sc3ccccc35)ccc2c2ccccc2c2cccnc24)cc1. The summed E-state index contributed by atoms with van der Waals surface area (Å²) in [6.45, 7) is 0. The number of hydrogen-bond donors (Lipinski definition) is 0. The molecule has 0 spiro atoms. The third-order valence-electron chi connectivity index (χ3n) is 11.6. The standard InChI is InChI=1S/C53H33N3S/c1-3-15-35(16-4-1)55-47-25-10-11-26-48(47)56(36-17-5-2-6-18-36)50-33-46-45(32-49(50)55)44-31-34(37-22-13-23-43-41-21-9-12-27-51(41)57-53(37)43)28-29-40(44)38-19-7-8-20-39(38)42-24-14-30-54-52(42)46/h1-33H. The highest BCUT2D eigenvalue weighted by molar-refractivity contribution is 7.26. The molecule has 0 unspecified atom stereocenters. The fourth-order valence-corrected chi connectivity index (χ4v) is 10.3. The van der Waals surface area contributed by atoms with Gasteiger partial charge in [-0.1, -0.05) is 127 Å². The van der Waals surface area contributed by atoms with Gasteiger partial charge in [-0.25, -0.2) is 0 Å². The number of hydrogen-bond acceptors (Lipinski definition) is 2. The van der Waals surface area contributed by atoms with E-state index in [2.05, 4.69) is 203 Å². The number of nitrogens with zero attached hydrogens (tertiary/aromatic N) is 3. The van der Waals surface area contributed by atoms with Gasteiger partial charge in [0.25, 0.3) is 0 Å². The largest absolute Gasteiger partial charge is 0.306 e. The van der Waals surface area contributed by atoms with Crippen LogP contribution in [0.3, 0.4) is 0 Å². The zero-order valence-corrected chi connectivity index (χ0v) is 31.6. The zero-order chi connectivity index (χ0) is 37.5. The van der Waals surface area contributed by atoms with Gasteiger partial charge in [0.05, 0.1) is 27.6 Å². The maximum absolute atomic E-state index is 5.22. The molecule has 266 valence electrons. The fraction of sp³-hybridized carbons (Fsp3) is 0. The molecule has 0 aliphatic rings. The predicted molar refractivity (Wildman–Crippen MR) is 244 cm³/mol. The summed E-state index contributed by atoms with van der Waals surface area (Å²) < 4.78 is 7.47. The van der Waals surface area contributed by atoms with Crippen molar-refractivity contribution in [1.29, 1.82) is 0 Å². The van der Waals surface area contributed by atoms with Gasteiger partial charge in [0, 0.05) is 48.5 Å². The summed E-state index contributed by atoms with van der Waals surface area (Å²) in [7, 11) is 0. The van der Waals surface area contributed by atoms with Crippen molar-refractivity contribution in [2.75, 3.05) is 0 Å². The van der Waals surface area contributed by atoms with Gasteiger partial charge in [-0.15, -0.1) is 11.3 Å². The van der Waals surface area contributed by atoms with Crippen LogP contribution in [-0.4, -0.2) is 14.1 Å². The van der Waals surface area contributed by atoms with Gasteiger partial charge in [0.2, 0.25) is 0 Å². The second kappa shape index (κ2) is 12.6. The Hall–Kier alpha value is -7.27. The zero-order valence-electron chi connectivity index (χ0n) is 30.8. The molecule has 12 aromatic rings. The summed E-state index contributed by atoms with van der Waals surface area (Å²) in [5.41, 5.74) is 10.1. The average molecular weight is 744 g/mol. The highest BCUT2D eigenvalue weighted by Crippen LogP contribution is 2.43. The van der Waals surface area contributed by atoms with Crippen molar-refractivity contribution in [3.05, 3.63) is 200 Å². The number of thiophene rings is 1. The van der Waals surface area contributed by atoms with Crippen LogP contribution >= 0.6 is 11.3 Å². The Morgan fingerprint density at radius 1 is 0.351 bits per heavy atom. The summed E-state index contributed by atoms with van der Waals surface area (Å²) in [5.74, 6) is 0.